The molecule has 0 bridgehead atoms. The molecule has 11 heteroatoms. The van der Waals surface area contributed by atoms with E-state index in [1.807, 2.05) is 0 Å². The Kier molecular flexibility index (Phi) is 6.56. The highest BCUT2D eigenvalue weighted by Gasteiger charge is 2.19. The highest BCUT2D eigenvalue weighted by Crippen LogP contribution is 2.34. The van der Waals surface area contributed by atoms with Crippen molar-refractivity contribution >= 4 is 57.8 Å². The van der Waals surface area contributed by atoms with E-state index < -0.39 is 10.8 Å². The number of halogens is 2. The third-order valence-electron chi connectivity index (χ3n) is 3.92. The molecule has 2 aromatic carbocycles. The smallest absolute Gasteiger partial charge is 0.296 e. The number of nitro groups is 1. The number of carbonyl (C=O) groups excluding carboxylic acids is 1. The van der Waals surface area contributed by atoms with E-state index in [4.69, 9.17) is 44.6 Å². The van der Waals surface area contributed by atoms with Gasteiger partial charge < -0.3 is 14.5 Å². The van der Waals surface area contributed by atoms with Crippen LogP contribution in [0.3, 0.4) is 0 Å². The summed E-state index contributed by atoms with van der Waals surface area (Å²) in [6.45, 7) is 0. The van der Waals surface area contributed by atoms with Crippen LogP contribution in [0.1, 0.15) is 10.6 Å². The van der Waals surface area contributed by atoms with Crippen molar-refractivity contribution in [3.05, 3.63) is 74.5 Å². The number of thiocarbonyl (C=S) groups is 1. The Morgan fingerprint density at radius 3 is 2.67 bits per heavy atom. The van der Waals surface area contributed by atoms with Crippen molar-refractivity contribution in [3.8, 4) is 17.1 Å². The van der Waals surface area contributed by atoms with Crippen LogP contribution in [0.4, 0.5) is 11.4 Å². The third kappa shape index (κ3) is 4.70. The zero-order valence-corrected chi connectivity index (χ0v) is 17.6. The lowest BCUT2D eigenvalue weighted by Gasteiger charge is -2.10. The SMILES string of the molecule is COc1ccc(NC(=S)NC(=O)c2ccc(-c3cccc(Cl)c3Cl)o2)c([N+](=O)[O-])c1. The molecule has 1 aromatic heterocycles. The highest BCUT2D eigenvalue weighted by molar-refractivity contribution is 7.80. The fourth-order valence-corrected chi connectivity index (χ4v) is 3.11. The van der Waals surface area contributed by atoms with Crippen LogP contribution >= 0.6 is 35.4 Å². The fraction of sp³-hybridized carbons (Fsp3) is 0.0526. The fourth-order valence-electron chi connectivity index (χ4n) is 2.51. The Hall–Kier alpha value is -3.14. The lowest BCUT2D eigenvalue weighted by molar-refractivity contribution is -0.384. The van der Waals surface area contributed by atoms with Gasteiger partial charge in [0.15, 0.2) is 10.9 Å². The molecule has 0 saturated carbocycles. The van der Waals surface area contributed by atoms with Crippen LogP contribution in [0.5, 0.6) is 5.75 Å². The van der Waals surface area contributed by atoms with E-state index in [0.29, 0.717) is 27.1 Å². The maximum atomic E-state index is 12.4. The Labute approximate surface area is 185 Å². The summed E-state index contributed by atoms with van der Waals surface area (Å²) >= 11 is 17.2. The maximum Gasteiger partial charge on any atom is 0.296 e. The minimum absolute atomic E-state index is 0.0329. The van der Waals surface area contributed by atoms with Gasteiger partial charge in [-0.3, -0.25) is 20.2 Å². The van der Waals surface area contributed by atoms with Crippen LogP contribution in [-0.4, -0.2) is 23.1 Å². The molecule has 0 spiro atoms. The van der Waals surface area contributed by atoms with Crippen molar-refractivity contribution in [1.29, 1.82) is 0 Å². The Morgan fingerprint density at radius 2 is 1.97 bits per heavy atom. The molecule has 1 amide bonds. The molecule has 3 aromatic rings. The number of amides is 1. The number of nitrogens with one attached hydrogen (secondary N) is 2. The first-order valence-corrected chi connectivity index (χ1v) is 9.45. The van der Waals surface area contributed by atoms with Crippen molar-refractivity contribution in [3.63, 3.8) is 0 Å². The largest absolute Gasteiger partial charge is 0.496 e. The van der Waals surface area contributed by atoms with Crippen molar-refractivity contribution in [1.82, 2.24) is 5.32 Å². The summed E-state index contributed by atoms with van der Waals surface area (Å²) < 4.78 is 10.5. The van der Waals surface area contributed by atoms with Crippen LogP contribution < -0.4 is 15.4 Å². The second kappa shape index (κ2) is 9.12. The molecule has 154 valence electrons. The van der Waals surface area contributed by atoms with Crippen LogP contribution in [0.2, 0.25) is 10.0 Å². The topological polar surface area (TPSA) is 107 Å². The summed E-state index contributed by atoms with van der Waals surface area (Å²) in [5.74, 6) is -0.0233. The molecular formula is C19H13Cl2N3O5S. The van der Waals surface area contributed by atoms with E-state index in [1.165, 1.54) is 31.4 Å². The molecule has 2 N–H and O–H groups in total. The summed E-state index contributed by atoms with van der Waals surface area (Å²) in [7, 11) is 1.39. The number of benzene rings is 2. The number of nitrogens with zero attached hydrogens (tertiary/aromatic N) is 1. The zero-order valence-electron chi connectivity index (χ0n) is 15.3. The Bertz CT molecular complexity index is 1150. The van der Waals surface area contributed by atoms with Crippen LogP contribution in [0, 0.1) is 10.1 Å². The van der Waals surface area contributed by atoms with Gasteiger partial charge in [-0.2, -0.15) is 0 Å². The van der Waals surface area contributed by atoms with Gasteiger partial charge in [0.2, 0.25) is 0 Å². The molecule has 0 saturated heterocycles. The number of nitro benzene ring substituents is 1. The number of ether oxygens (including phenoxy) is 1. The van der Waals surface area contributed by atoms with Gasteiger partial charge >= 0.3 is 0 Å². The van der Waals surface area contributed by atoms with E-state index in [1.54, 1.807) is 24.3 Å². The number of hydrogen-bond donors (Lipinski definition) is 2. The number of furan rings is 1. The number of carbonyl (C=O) groups is 1. The Morgan fingerprint density at radius 1 is 1.20 bits per heavy atom. The Balaban J connectivity index is 1.73. The molecule has 3 rings (SSSR count). The molecule has 0 atom stereocenters. The summed E-state index contributed by atoms with van der Waals surface area (Å²) in [5.41, 5.74) is 0.358. The van der Waals surface area contributed by atoms with Crippen molar-refractivity contribution < 1.29 is 18.9 Å². The predicted octanol–water partition coefficient (Wildman–Crippen LogP) is 5.30. The van der Waals surface area contributed by atoms with Gasteiger partial charge in [0.25, 0.3) is 11.6 Å². The summed E-state index contributed by atoms with van der Waals surface area (Å²) in [6, 6.07) is 12.2. The van der Waals surface area contributed by atoms with Crippen molar-refractivity contribution in [2.24, 2.45) is 0 Å². The summed E-state index contributed by atoms with van der Waals surface area (Å²) in [4.78, 5) is 23.1. The van der Waals surface area contributed by atoms with Crippen LogP contribution in [0.15, 0.2) is 52.9 Å². The molecule has 1 heterocycles. The quantitative estimate of drug-likeness (QED) is 0.299. The highest BCUT2D eigenvalue weighted by atomic mass is 35.5. The molecule has 30 heavy (non-hydrogen) atoms. The van der Waals surface area contributed by atoms with Gasteiger partial charge in [-0.15, -0.1) is 0 Å². The van der Waals surface area contributed by atoms with Gasteiger partial charge in [-0.1, -0.05) is 29.3 Å². The first-order chi connectivity index (χ1) is 14.3. The van der Waals surface area contributed by atoms with E-state index in [0.717, 1.165) is 0 Å². The normalized spacial score (nSPS) is 10.4. The number of hydrogen-bond acceptors (Lipinski definition) is 6. The molecule has 0 aliphatic heterocycles. The predicted molar refractivity (Wildman–Crippen MR) is 117 cm³/mol. The minimum Gasteiger partial charge on any atom is -0.496 e. The first-order valence-electron chi connectivity index (χ1n) is 8.29. The third-order valence-corrected chi connectivity index (χ3v) is 4.95. The van der Waals surface area contributed by atoms with Crippen LogP contribution in [0.25, 0.3) is 11.3 Å². The molecule has 0 fully saturated rings. The molecule has 0 aliphatic rings. The molecule has 8 nitrogen and oxygen atoms in total. The summed E-state index contributed by atoms with van der Waals surface area (Å²) in [6.07, 6.45) is 0. The van der Waals surface area contributed by atoms with E-state index in [2.05, 4.69) is 10.6 Å². The molecule has 0 aliphatic carbocycles. The lowest BCUT2D eigenvalue weighted by Crippen LogP contribution is -2.34. The summed E-state index contributed by atoms with van der Waals surface area (Å²) in [5, 5.41) is 16.8. The molecule has 0 radical (unpaired) electrons. The van der Waals surface area contributed by atoms with Gasteiger partial charge in [0.05, 0.1) is 28.1 Å². The second-order valence-corrected chi connectivity index (χ2v) is 7.01. The van der Waals surface area contributed by atoms with E-state index >= 15 is 0 Å². The van der Waals surface area contributed by atoms with E-state index in [-0.39, 0.29) is 22.2 Å². The number of methoxy groups -OCH3 is 1. The number of anilines is 1. The standard InChI is InChI=1S/C19H13Cl2N3O5S/c1-28-10-5-6-13(14(9-10)24(26)27)22-19(30)23-18(25)16-8-7-15(29-16)11-3-2-4-12(20)17(11)21/h2-9H,1H3,(H2,22,23,25,30). The van der Waals surface area contributed by atoms with Crippen molar-refractivity contribution in [2.75, 3.05) is 12.4 Å². The van der Waals surface area contributed by atoms with E-state index in [9.17, 15) is 14.9 Å². The second-order valence-electron chi connectivity index (χ2n) is 5.81. The van der Waals surface area contributed by atoms with Gasteiger partial charge in [0, 0.05) is 5.56 Å². The zero-order chi connectivity index (χ0) is 21.8. The molecular weight excluding hydrogens is 453 g/mol. The van der Waals surface area contributed by atoms with Crippen LogP contribution in [-0.2, 0) is 0 Å². The average molecular weight is 466 g/mol. The monoisotopic (exact) mass is 465 g/mol. The van der Waals surface area contributed by atoms with Crippen molar-refractivity contribution in [2.45, 2.75) is 0 Å². The van der Waals surface area contributed by atoms with Gasteiger partial charge in [-0.25, -0.2) is 0 Å². The minimum atomic E-state index is -0.645. The van der Waals surface area contributed by atoms with Gasteiger partial charge in [-0.05, 0) is 48.6 Å². The maximum absolute atomic E-state index is 12.4. The average Bonchev–Trinajstić information content (AvgIpc) is 3.20. The molecule has 0 unspecified atom stereocenters. The lowest BCUT2D eigenvalue weighted by atomic mass is 10.2. The van der Waals surface area contributed by atoms with Gasteiger partial charge in [0.1, 0.15) is 17.2 Å². The first kappa shape index (κ1) is 21.6. The number of rotatable bonds is 5.